The average Bonchev–Trinajstić information content (AvgIpc) is 3.30. The molecule has 1 aliphatic heterocycles. The molecule has 0 spiro atoms. The molecular weight excluding hydrogens is 430 g/mol. The van der Waals surface area contributed by atoms with E-state index < -0.39 is 5.60 Å². The third kappa shape index (κ3) is 3.80. The molecule has 1 saturated heterocycles. The number of hydrogen-bond acceptors (Lipinski definition) is 5. The number of rotatable bonds is 4. The fourth-order valence-electron chi connectivity index (χ4n) is 4.50. The fourth-order valence-corrected chi connectivity index (χ4v) is 5.42. The van der Waals surface area contributed by atoms with Gasteiger partial charge in [0, 0.05) is 41.4 Å². The van der Waals surface area contributed by atoms with Crippen LogP contribution in [0.3, 0.4) is 0 Å². The average molecular weight is 454 g/mol. The molecule has 0 aliphatic carbocycles. The summed E-state index contributed by atoms with van der Waals surface area (Å²) in [5, 5.41) is 21.0. The van der Waals surface area contributed by atoms with E-state index in [0.717, 1.165) is 43.3 Å². The Labute approximate surface area is 196 Å². The zero-order valence-corrected chi connectivity index (χ0v) is 18.8. The van der Waals surface area contributed by atoms with Gasteiger partial charge < -0.3 is 9.84 Å². The van der Waals surface area contributed by atoms with Crippen LogP contribution >= 0.6 is 11.8 Å². The van der Waals surface area contributed by atoms with Gasteiger partial charge in [0.15, 0.2) is 11.5 Å². The maximum absolute atomic E-state index is 11.1. The monoisotopic (exact) mass is 453 g/mol. The SMILES string of the molecule is OC1(c2cccc(Sc3ccc4c(ccc5nnc(-c6ccccc6)n54)c3)c2)CCOCC1. The van der Waals surface area contributed by atoms with Crippen LogP contribution in [0.1, 0.15) is 18.4 Å². The van der Waals surface area contributed by atoms with Crippen molar-refractivity contribution in [2.45, 2.75) is 28.2 Å². The lowest BCUT2D eigenvalue weighted by molar-refractivity contribution is -0.0680. The van der Waals surface area contributed by atoms with Crippen LogP contribution in [0, 0.1) is 0 Å². The highest BCUT2D eigenvalue weighted by Gasteiger charge is 2.31. The number of benzene rings is 3. The minimum Gasteiger partial charge on any atom is -0.385 e. The molecule has 1 fully saturated rings. The van der Waals surface area contributed by atoms with Gasteiger partial charge in [0.25, 0.3) is 0 Å². The van der Waals surface area contributed by atoms with Crippen molar-refractivity contribution in [3.05, 3.63) is 90.5 Å². The predicted octanol–water partition coefficient (Wildman–Crippen LogP) is 5.70. The van der Waals surface area contributed by atoms with E-state index in [1.807, 2.05) is 36.4 Å². The molecule has 6 heteroatoms. The maximum Gasteiger partial charge on any atom is 0.168 e. The Morgan fingerprint density at radius 2 is 1.64 bits per heavy atom. The van der Waals surface area contributed by atoms with Crippen molar-refractivity contribution in [3.63, 3.8) is 0 Å². The summed E-state index contributed by atoms with van der Waals surface area (Å²) >= 11 is 1.70. The standard InChI is InChI=1S/C27H23N3O2S/c31-27(13-15-32-16-14-27)21-7-4-8-22(18-21)33-23-10-11-24-20(17-23)9-12-25-28-29-26(30(24)25)19-5-2-1-3-6-19/h1-12,17-18,31H,13-16H2. The van der Waals surface area contributed by atoms with E-state index >= 15 is 0 Å². The molecule has 0 amide bonds. The van der Waals surface area contributed by atoms with Gasteiger partial charge in [0.1, 0.15) is 0 Å². The number of aromatic nitrogens is 3. The highest BCUT2D eigenvalue weighted by Crippen LogP contribution is 2.36. The Kier molecular flexibility index (Phi) is 5.14. The quantitative estimate of drug-likeness (QED) is 0.378. The van der Waals surface area contributed by atoms with E-state index in [2.05, 4.69) is 63.1 Å². The summed E-state index contributed by atoms with van der Waals surface area (Å²) in [5.74, 6) is 0.842. The van der Waals surface area contributed by atoms with Gasteiger partial charge in [-0.1, -0.05) is 54.2 Å². The highest BCUT2D eigenvalue weighted by atomic mass is 32.2. The van der Waals surface area contributed by atoms with Crippen molar-refractivity contribution in [2.75, 3.05) is 13.2 Å². The number of aliphatic hydroxyl groups is 1. The molecule has 1 N–H and O–H groups in total. The number of nitrogens with zero attached hydrogens (tertiary/aromatic N) is 3. The van der Waals surface area contributed by atoms with Crippen molar-refractivity contribution in [2.24, 2.45) is 0 Å². The van der Waals surface area contributed by atoms with Gasteiger partial charge in [-0.2, -0.15) is 0 Å². The smallest absolute Gasteiger partial charge is 0.168 e. The second-order valence-corrected chi connectivity index (χ2v) is 9.56. The van der Waals surface area contributed by atoms with E-state index in [1.165, 1.54) is 0 Å². The zero-order chi connectivity index (χ0) is 22.3. The molecule has 0 unspecified atom stereocenters. The first-order valence-electron chi connectivity index (χ1n) is 11.1. The number of fused-ring (bicyclic) bond motifs is 3. The topological polar surface area (TPSA) is 59.7 Å². The summed E-state index contributed by atoms with van der Waals surface area (Å²) in [4.78, 5) is 2.26. The summed E-state index contributed by atoms with van der Waals surface area (Å²) in [7, 11) is 0. The van der Waals surface area contributed by atoms with Crippen LogP contribution in [0.25, 0.3) is 27.9 Å². The van der Waals surface area contributed by atoms with Gasteiger partial charge in [-0.3, -0.25) is 4.40 Å². The van der Waals surface area contributed by atoms with Gasteiger partial charge in [0.05, 0.1) is 11.1 Å². The Hall–Kier alpha value is -3.19. The Balaban J connectivity index is 1.35. The highest BCUT2D eigenvalue weighted by molar-refractivity contribution is 7.99. The second kappa shape index (κ2) is 8.30. The first-order valence-corrected chi connectivity index (χ1v) is 11.9. The Morgan fingerprint density at radius 3 is 2.48 bits per heavy atom. The van der Waals surface area contributed by atoms with Crippen LogP contribution in [0.15, 0.2) is 94.7 Å². The van der Waals surface area contributed by atoms with E-state index in [-0.39, 0.29) is 0 Å². The van der Waals surface area contributed by atoms with Crippen molar-refractivity contribution in [1.82, 2.24) is 14.6 Å². The molecule has 3 heterocycles. The van der Waals surface area contributed by atoms with Gasteiger partial charge in [-0.05, 0) is 53.4 Å². The fraction of sp³-hybridized carbons (Fsp3) is 0.185. The maximum atomic E-state index is 11.1. The normalized spacial score (nSPS) is 15.8. The number of pyridine rings is 1. The third-order valence-corrected chi connectivity index (χ3v) is 7.28. The van der Waals surface area contributed by atoms with Gasteiger partial charge in [0.2, 0.25) is 0 Å². The molecule has 164 valence electrons. The molecule has 6 rings (SSSR count). The zero-order valence-electron chi connectivity index (χ0n) is 18.0. The van der Waals surface area contributed by atoms with Crippen LogP contribution in [0.2, 0.25) is 0 Å². The van der Waals surface area contributed by atoms with Crippen LogP contribution in [-0.2, 0) is 10.3 Å². The van der Waals surface area contributed by atoms with E-state index in [9.17, 15) is 5.11 Å². The van der Waals surface area contributed by atoms with E-state index in [0.29, 0.717) is 26.1 Å². The minimum absolute atomic E-state index is 0.598. The summed E-state index contributed by atoms with van der Waals surface area (Å²) in [5.41, 5.74) is 3.12. The molecule has 5 aromatic rings. The predicted molar refractivity (Wildman–Crippen MR) is 130 cm³/mol. The molecular formula is C27H23N3O2S. The van der Waals surface area contributed by atoms with Gasteiger partial charge in [-0.15, -0.1) is 10.2 Å². The molecule has 0 atom stereocenters. The second-order valence-electron chi connectivity index (χ2n) is 8.41. The van der Waals surface area contributed by atoms with Crippen LogP contribution < -0.4 is 0 Å². The summed E-state index contributed by atoms with van der Waals surface area (Å²) in [6.45, 7) is 1.20. The summed E-state index contributed by atoms with van der Waals surface area (Å²) < 4.78 is 7.55. The Bertz CT molecular complexity index is 1440. The molecule has 2 aromatic heterocycles. The van der Waals surface area contributed by atoms with E-state index in [1.54, 1.807) is 11.8 Å². The largest absolute Gasteiger partial charge is 0.385 e. The van der Waals surface area contributed by atoms with Crippen molar-refractivity contribution < 1.29 is 9.84 Å². The van der Waals surface area contributed by atoms with Crippen molar-refractivity contribution >= 4 is 28.3 Å². The first kappa shape index (κ1) is 20.4. The molecule has 3 aromatic carbocycles. The molecule has 33 heavy (non-hydrogen) atoms. The number of ether oxygens (including phenoxy) is 1. The molecule has 5 nitrogen and oxygen atoms in total. The lowest BCUT2D eigenvalue weighted by Crippen LogP contribution is -2.33. The van der Waals surface area contributed by atoms with Crippen LogP contribution in [0.4, 0.5) is 0 Å². The summed E-state index contributed by atoms with van der Waals surface area (Å²) in [6.07, 6.45) is 1.27. The third-order valence-electron chi connectivity index (χ3n) is 6.30. The molecule has 1 aliphatic rings. The minimum atomic E-state index is -0.800. The first-order chi connectivity index (χ1) is 16.2. The molecule has 0 radical (unpaired) electrons. The van der Waals surface area contributed by atoms with Crippen molar-refractivity contribution in [3.8, 4) is 11.4 Å². The lowest BCUT2D eigenvalue weighted by Gasteiger charge is -2.32. The van der Waals surface area contributed by atoms with Crippen LogP contribution in [-0.4, -0.2) is 32.9 Å². The number of hydrogen-bond donors (Lipinski definition) is 1. The lowest BCUT2D eigenvalue weighted by atomic mass is 9.87. The van der Waals surface area contributed by atoms with Gasteiger partial charge >= 0.3 is 0 Å². The van der Waals surface area contributed by atoms with Crippen molar-refractivity contribution in [1.29, 1.82) is 0 Å². The summed E-state index contributed by atoms with van der Waals surface area (Å²) in [6, 6.07) is 29.0. The molecule has 0 saturated carbocycles. The Morgan fingerprint density at radius 1 is 0.818 bits per heavy atom. The van der Waals surface area contributed by atoms with Gasteiger partial charge in [-0.25, -0.2) is 0 Å². The van der Waals surface area contributed by atoms with Crippen LogP contribution in [0.5, 0.6) is 0 Å². The van der Waals surface area contributed by atoms with E-state index in [4.69, 9.17) is 4.74 Å². The molecule has 0 bridgehead atoms.